The molecule has 0 aliphatic carbocycles. The molecule has 3 rings (SSSR count). The van der Waals surface area contributed by atoms with Crippen molar-refractivity contribution in [3.63, 3.8) is 0 Å². The van der Waals surface area contributed by atoms with Gasteiger partial charge in [-0.15, -0.1) is 0 Å². The summed E-state index contributed by atoms with van der Waals surface area (Å²) in [6, 6.07) is 8.95. The van der Waals surface area contributed by atoms with Crippen LogP contribution in [0.1, 0.15) is 17.4 Å². The molecule has 0 unspecified atom stereocenters. The van der Waals surface area contributed by atoms with E-state index < -0.39 is 10.0 Å². The van der Waals surface area contributed by atoms with Crippen LogP contribution in [0.25, 0.3) is 0 Å². The maximum Gasteiger partial charge on any atom is 0.222 e. The monoisotopic (exact) mass is 349 g/mol. The largest absolute Gasteiger partial charge is 0.497 e. The Bertz CT molecular complexity index is 831. The zero-order valence-corrected chi connectivity index (χ0v) is 14.6. The average molecular weight is 349 g/mol. The van der Waals surface area contributed by atoms with Crippen LogP contribution >= 0.6 is 0 Å². The van der Waals surface area contributed by atoms with Crippen LogP contribution in [-0.4, -0.2) is 49.1 Å². The first-order chi connectivity index (χ1) is 11.3. The molecule has 0 saturated carbocycles. The van der Waals surface area contributed by atoms with E-state index in [1.807, 2.05) is 6.92 Å². The maximum absolute atomic E-state index is 11.5. The normalized spacial score (nSPS) is 15.8. The van der Waals surface area contributed by atoms with E-state index in [0.29, 0.717) is 30.5 Å². The molecule has 1 saturated heterocycles. The van der Waals surface area contributed by atoms with Crippen LogP contribution < -0.4 is 9.47 Å². The molecule has 1 fully saturated rings. The number of rotatable bonds is 5. The van der Waals surface area contributed by atoms with Crippen molar-refractivity contribution in [3.8, 4) is 17.4 Å². The van der Waals surface area contributed by atoms with Crippen molar-refractivity contribution in [2.75, 3.05) is 26.5 Å². The van der Waals surface area contributed by atoms with Crippen molar-refractivity contribution in [2.24, 2.45) is 0 Å². The molecule has 1 aliphatic rings. The van der Waals surface area contributed by atoms with E-state index in [4.69, 9.17) is 9.47 Å². The molecule has 2 heterocycles. The van der Waals surface area contributed by atoms with Gasteiger partial charge < -0.3 is 9.47 Å². The third-order valence-corrected chi connectivity index (χ3v) is 5.05. The van der Waals surface area contributed by atoms with E-state index >= 15 is 0 Å². The smallest absolute Gasteiger partial charge is 0.222 e. The van der Waals surface area contributed by atoms with E-state index in [0.717, 1.165) is 11.4 Å². The second-order valence-corrected chi connectivity index (χ2v) is 7.74. The van der Waals surface area contributed by atoms with Crippen LogP contribution in [0.5, 0.6) is 17.4 Å². The topological polar surface area (TPSA) is 81.6 Å². The van der Waals surface area contributed by atoms with Gasteiger partial charge in [-0.3, -0.25) is 0 Å². The van der Waals surface area contributed by atoms with Gasteiger partial charge in [0.05, 0.1) is 13.4 Å². The van der Waals surface area contributed by atoms with Crippen molar-refractivity contribution in [1.82, 2.24) is 14.3 Å². The molecular weight excluding hydrogens is 330 g/mol. The van der Waals surface area contributed by atoms with Crippen molar-refractivity contribution < 1.29 is 17.9 Å². The highest BCUT2D eigenvalue weighted by Crippen LogP contribution is 2.29. The number of nitrogens with zero attached hydrogens (tertiary/aromatic N) is 3. The van der Waals surface area contributed by atoms with E-state index in [9.17, 15) is 8.42 Å². The quantitative estimate of drug-likeness (QED) is 0.820. The first kappa shape index (κ1) is 16.7. The molecule has 24 heavy (non-hydrogen) atoms. The molecule has 1 aromatic heterocycles. The van der Waals surface area contributed by atoms with Gasteiger partial charge >= 0.3 is 0 Å². The van der Waals surface area contributed by atoms with E-state index in [-0.39, 0.29) is 5.92 Å². The lowest BCUT2D eigenvalue weighted by Crippen LogP contribution is -2.48. The van der Waals surface area contributed by atoms with Crippen LogP contribution in [-0.2, 0) is 10.0 Å². The zero-order valence-electron chi connectivity index (χ0n) is 13.8. The summed E-state index contributed by atoms with van der Waals surface area (Å²) in [5.41, 5.74) is 0.779. The van der Waals surface area contributed by atoms with Gasteiger partial charge in [-0.2, -0.15) is 4.98 Å². The maximum atomic E-state index is 11.5. The minimum atomic E-state index is -3.15. The van der Waals surface area contributed by atoms with Gasteiger partial charge in [-0.25, -0.2) is 17.7 Å². The Kier molecular flexibility index (Phi) is 4.42. The van der Waals surface area contributed by atoms with Crippen molar-refractivity contribution in [1.29, 1.82) is 0 Å². The van der Waals surface area contributed by atoms with E-state index in [1.54, 1.807) is 37.4 Å². The number of ether oxygens (including phenoxy) is 2. The molecule has 0 N–H and O–H groups in total. The molecule has 2 aromatic rings. The summed E-state index contributed by atoms with van der Waals surface area (Å²) in [5, 5.41) is 0. The lowest BCUT2D eigenvalue weighted by molar-refractivity contribution is 0.256. The molecule has 1 aliphatic heterocycles. The highest BCUT2D eigenvalue weighted by Gasteiger charge is 2.36. The van der Waals surface area contributed by atoms with Crippen LogP contribution in [0, 0.1) is 6.92 Å². The number of sulfonamides is 1. The fraction of sp³-hybridized carbons (Fsp3) is 0.375. The van der Waals surface area contributed by atoms with Gasteiger partial charge in [0.2, 0.25) is 15.9 Å². The molecule has 7 nitrogen and oxygen atoms in total. The van der Waals surface area contributed by atoms with Crippen LogP contribution in [0.3, 0.4) is 0 Å². The molecule has 0 spiro atoms. The minimum Gasteiger partial charge on any atom is -0.497 e. The third-order valence-electron chi connectivity index (χ3n) is 3.81. The second-order valence-electron chi connectivity index (χ2n) is 5.76. The molecule has 0 bridgehead atoms. The lowest BCUT2D eigenvalue weighted by Gasteiger charge is -2.36. The van der Waals surface area contributed by atoms with Crippen molar-refractivity contribution in [2.45, 2.75) is 12.8 Å². The number of hydrogen-bond donors (Lipinski definition) is 0. The number of hydrogen-bond acceptors (Lipinski definition) is 6. The highest BCUT2D eigenvalue weighted by molar-refractivity contribution is 7.88. The summed E-state index contributed by atoms with van der Waals surface area (Å²) in [6.07, 6.45) is 1.21. The Hall–Kier alpha value is -2.19. The van der Waals surface area contributed by atoms with Gasteiger partial charge in [0.1, 0.15) is 17.3 Å². The molecule has 0 atom stereocenters. The number of aryl methyl sites for hydroxylation is 1. The minimum absolute atomic E-state index is 0.00200. The van der Waals surface area contributed by atoms with Crippen molar-refractivity contribution in [3.05, 3.63) is 41.9 Å². The summed E-state index contributed by atoms with van der Waals surface area (Å²) in [5.74, 6) is 2.44. The fourth-order valence-electron chi connectivity index (χ4n) is 2.43. The predicted molar refractivity (Wildman–Crippen MR) is 89.0 cm³/mol. The Morgan fingerprint density at radius 3 is 2.33 bits per heavy atom. The zero-order chi connectivity index (χ0) is 17.3. The molecule has 0 amide bonds. The van der Waals surface area contributed by atoms with Gasteiger partial charge in [0.15, 0.2) is 0 Å². The molecular formula is C16H19N3O4S. The standard InChI is InChI=1S/C16H19N3O4S/c1-11-8-15(23-14-6-4-13(22-2)5-7-14)18-16(17-11)12-9-19(10-12)24(3,20)21/h4-8,12H,9-10H2,1-3H3. The Morgan fingerprint density at radius 2 is 1.75 bits per heavy atom. The number of aromatic nitrogens is 2. The summed E-state index contributed by atoms with van der Waals surface area (Å²) in [4.78, 5) is 8.83. The summed E-state index contributed by atoms with van der Waals surface area (Å²) in [7, 11) is -1.54. The fourth-order valence-corrected chi connectivity index (χ4v) is 3.33. The van der Waals surface area contributed by atoms with Crippen LogP contribution in [0.4, 0.5) is 0 Å². The Morgan fingerprint density at radius 1 is 1.12 bits per heavy atom. The number of methoxy groups -OCH3 is 1. The first-order valence-electron chi connectivity index (χ1n) is 7.48. The first-order valence-corrected chi connectivity index (χ1v) is 9.32. The summed E-state index contributed by atoms with van der Waals surface area (Å²) >= 11 is 0. The Labute approximate surface area is 141 Å². The average Bonchev–Trinajstić information content (AvgIpc) is 2.44. The van der Waals surface area contributed by atoms with E-state index in [1.165, 1.54) is 10.6 Å². The Balaban J connectivity index is 1.74. The summed E-state index contributed by atoms with van der Waals surface area (Å²) < 4.78 is 35.2. The third kappa shape index (κ3) is 3.65. The van der Waals surface area contributed by atoms with Gasteiger partial charge in [0, 0.05) is 30.8 Å². The van der Waals surface area contributed by atoms with Gasteiger partial charge in [-0.1, -0.05) is 0 Å². The van der Waals surface area contributed by atoms with Gasteiger partial charge in [0.25, 0.3) is 0 Å². The van der Waals surface area contributed by atoms with Crippen LogP contribution in [0.2, 0.25) is 0 Å². The second kappa shape index (κ2) is 6.37. The van der Waals surface area contributed by atoms with Crippen LogP contribution in [0.15, 0.2) is 30.3 Å². The molecule has 0 radical (unpaired) electrons. The van der Waals surface area contributed by atoms with E-state index in [2.05, 4.69) is 9.97 Å². The molecule has 8 heteroatoms. The summed E-state index contributed by atoms with van der Waals surface area (Å²) in [6.45, 7) is 2.67. The molecule has 128 valence electrons. The highest BCUT2D eigenvalue weighted by atomic mass is 32.2. The predicted octanol–water partition coefficient (Wildman–Crippen LogP) is 1.94. The number of benzene rings is 1. The van der Waals surface area contributed by atoms with Gasteiger partial charge in [-0.05, 0) is 31.2 Å². The lowest BCUT2D eigenvalue weighted by atomic mass is 10.0. The SMILES string of the molecule is COc1ccc(Oc2cc(C)nc(C3CN(S(C)(=O)=O)C3)n2)cc1. The molecule has 1 aromatic carbocycles. The van der Waals surface area contributed by atoms with Crippen molar-refractivity contribution >= 4 is 10.0 Å².